The number of hydrogen-bond donors (Lipinski definition) is 1. The predicted octanol–water partition coefficient (Wildman–Crippen LogP) is 0.999. The molecule has 0 spiro atoms. The molecule has 8 heteroatoms. The summed E-state index contributed by atoms with van der Waals surface area (Å²) in [4.78, 5) is 4.27. The Morgan fingerprint density at radius 1 is 1.23 bits per heavy atom. The fourth-order valence-corrected chi connectivity index (χ4v) is 5.92. The summed E-state index contributed by atoms with van der Waals surface area (Å²) in [7, 11) is -3.42. The number of nitrogens with zero attached hydrogens (tertiary/aromatic N) is 3. The monoisotopic (exact) mass is 346 g/mol. The molecular formula is C14H23ClN4O2S. The molecule has 2 fully saturated rings. The fourth-order valence-electron chi connectivity index (χ4n) is 4.24. The molecule has 124 valence electrons. The molecule has 1 aromatic rings. The summed E-state index contributed by atoms with van der Waals surface area (Å²) in [6.07, 6.45) is 6.66. The number of fused-ring (bicyclic) bond motifs is 2. The zero-order valence-electron chi connectivity index (χ0n) is 12.5. The zero-order valence-corrected chi connectivity index (χ0v) is 14.2. The van der Waals surface area contributed by atoms with Gasteiger partial charge in [-0.15, -0.1) is 12.4 Å². The lowest BCUT2D eigenvalue weighted by Gasteiger charge is -2.29. The molecule has 1 aromatic heterocycles. The molecule has 22 heavy (non-hydrogen) atoms. The van der Waals surface area contributed by atoms with E-state index in [1.165, 1.54) is 6.20 Å². The molecule has 6 nitrogen and oxygen atoms in total. The summed E-state index contributed by atoms with van der Waals surface area (Å²) in [6.45, 7) is 1.97. The fraction of sp³-hybridized carbons (Fsp3) is 0.786. The Kier molecular flexibility index (Phi) is 4.26. The van der Waals surface area contributed by atoms with Crippen molar-refractivity contribution in [3.63, 3.8) is 0 Å². The van der Waals surface area contributed by atoms with Crippen LogP contribution in [0.25, 0.3) is 0 Å². The number of halogens is 1. The minimum absolute atomic E-state index is 0. The van der Waals surface area contributed by atoms with Crippen LogP contribution in [0.4, 0.5) is 0 Å². The predicted molar refractivity (Wildman–Crippen MR) is 85.4 cm³/mol. The van der Waals surface area contributed by atoms with Crippen LogP contribution in [0.1, 0.15) is 31.5 Å². The maximum absolute atomic E-state index is 12.9. The summed E-state index contributed by atoms with van der Waals surface area (Å²) in [5, 5.41) is 0.377. The van der Waals surface area contributed by atoms with Crippen molar-refractivity contribution in [1.29, 1.82) is 0 Å². The van der Waals surface area contributed by atoms with Crippen LogP contribution >= 0.6 is 12.4 Å². The third-order valence-corrected chi connectivity index (χ3v) is 7.24. The summed E-state index contributed by atoms with van der Waals surface area (Å²) in [6, 6.07) is 0.153. The lowest BCUT2D eigenvalue weighted by Crippen LogP contribution is -2.38. The van der Waals surface area contributed by atoms with Crippen molar-refractivity contribution in [2.45, 2.75) is 49.7 Å². The molecule has 0 amide bonds. The Bertz CT molecular complexity index is 660. The smallest absolute Gasteiger partial charge is 0.260 e. The Hall–Kier alpha value is -0.630. The lowest BCUT2D eigenvalue weighted by molar-refractivity contribution is 0.260. The molecule has 3 heterocycles. The van der Waals surface area contributed by atoms with Gasteiger partial charge in [-0.2, -0.15) is 4.31 Å². The van der Waals surface area contributed by atoms with E-state index in [1.807, 2.05) is 4.57 Å². The molecule has 3 aliphatic rings. The van der Waals surface area contributed by atoms with Gasteiger partial charge < -0.3 is 10.3 Å². The minimum Gasteiger partial charge on any atom is -0.327 e. The molecule has 1 saturated heterocycles. The summed E-state index contributed by atoms with van der Waals surface area (Å²) >= 11 is 0. The molecule has 2 N–H and O–H groups in total. The highest BCUT2D eigenvalue weighted by Crippen LogP contribution is 2.38. The number of aromatic nitrogens is 2. The van der Waals surface area contributed by atoms with E-state index in [9.17, 15) is 8.42 Å². The van der Waals surface area contributed by atoms with Gasteiger partial charge in [0.2, 0.25) is 0 Å². The topological polar surface area (TPSA) is 81.2 Å². The van der Waals surface area contributed by atoms with Crippen LogP contribution in [0, 0.1) is 11.8 Å². The second-order valence-electron chi connectivity index (χ2n) is 6.61. The van der Waals surface area contributed by atoms with Crippen LogP contribution in [0.2, 0.25) is 0 Å². The molecule has 1 aliphatic carbocycles. The molecule has 0 bridgehead atoms. The third kappa shape index (κ3) is 2.38. The van der Waals surface area contributed by atoms with Gasteiger partial charge in [0.25, 0.3) is 10.0 Å². The van der Waals surface area contributed by atoms with Gasteiger partial charge in [0.05, 0.1) is 6.20 Å². The number of hydrogen-bond acceptors (Lipinski definition) is 4. The molecule has 0 radical (unpaired) electrons. The summed E-state index contributed by atoms with van der Waals surface area (Å²) in [5.74, 6) is 1.67. The van der Waals surface area contributed by atoms with Crippen LogP contribution in [0.5, 0.6) is 0 Å². The number of rotatable bonds is 2. The van der Waals surface area contributed by atoms with Crippen LogP contribution in [0.3, 0.4) is 0 Å². The average Bonchev–Trinajstić information content (AvgIpc) is 3.13. The van der Waals surface area contributed by atoms with E-state index in [4.69, 9.17) is 5.73 Å². The largest absolute Gasteiger partial charge is 0.327 e. The van der Waals surface area contributed by atoms with E-state index in [0.29, 0.717) is 30.0 Å². The minimum atomic E-state index is -3.42. The van der Waals surface area contributed by atoms with Gasteiger partial charge >= 0.3 is 0 Å². The SMILES string of the molecule is Cl.NC1CCCC2CN(S(=O)(=O)c3cnc4n3CCC4)CC12. The highest BCUT2D eigenvalue weighted by Gasteiger charge is 2.44. The van der Waals surface area contributed by atoms with Gasteiger partial charge in [-0.3, -0.25) is 0 Å². The first-order valence-electron chi connectivity index (χ1n) is 7.87. The van der Waals surface area contributed by atoms with Gasteiger partial charge in [0.15, 0.2) is 5.03 Å². The zero-order chi connectivity index (χ0) is 14.6. The van der Waals surface area contributed by atoms with Gasteiger partial charge in [-0.05, 0) is 31.1 Å². The molecule has 1 saturated carbocycles. The Morgan fingerprint density at radius 3 is 2.82 bits per heavy atom. The van der Waals surface area contributed by atoms with Gasteiger partial charge in [0.1, 0.15) is 5.82 Å². The quantitative estimate of drug-likeness (QED) is 0.866. The second-order valence-corrected chi connectivity index (χ2v) is 8.49. The highest BCUT2D eigenvalue weighted by atomic mass is 35.5. The molecule has 3 unspecified atom stereocenters. The number of sulfonamides is 1. The first-order chi connectivity index (χ1) is 10.1. The van der Waals surface area contributed by atoms with Crippen molar-refractivity contribution in [2.75, 3.05) is 13.1 Å². The first-order valence-corrected chi connectivity index (χ1v) is 9.31. The van der Waals surface area contributed by atoms with Crippen molar-refractivity contribution >= 4 is 22.4 Å². The van der Waals surface area contributed by atoms with Crippen LogP contribution < -0.4 is 5.73 Å². The average molecular weight is 347 g/mol. The first kappa shape index (κ1) is 16.2. The molecule has 3 atom stereocenters. The van der Waals surface area contributed by atoms with Crippen molar-refractivity contribution < 1.29 is 8.42 Å². The van der Waals surface area contributed by atoms with Crippen molar-refractivity contribution in [2.24, 2.45) is 17.6 Å². The highest BCUT2D eigenvalue weighted by molar-refractivity contribution is 7.89. The molecule has 2 aliphatic heterocycles. The Morgan fingerprint density at radius 2 is 2.05 bits per heavy atom. The van der Waals surface area contributed by atoms with Crippen LogP contribution in [-0.4, -0.2) is 41.4 Å². The summed E-state index contributed by atoms with van der Waals surface area (Å²) in [5.41, 5.74) is 6.20. The Labute approximate surface area is 137 Å². The number of imidazole rings is 1. The van der Waals surface area contributed by atoms with E-state index in [2.05, 4.69) is 4.98 Å². The van der Waals surface area contributed by atoms with Gasteiger partial charge in [0, 0.05) is 32.1 Å². The van der Waals surface area contributed by atoms with E-state index >= 15 is 0 Å². The van der Waals surface area contributed by atoms with E-state index in [-0.39, 0.29) is 18.4 Å². The van der Waals surface area contributed by atoms with Crippen LogP contribution in [-0.2, 0) is 23.0 Å². The maximum atomic E-state index is 12.9. The van der Waals surface area contributed by atoms with Crippen molar-refractivity contribution in [3.05, 3.63) is 12.0 Å². The Balaban J connectivity index is 0.00000144. The van der Waals surface area contributed by atoms with Crippen molar-refractivity contribution in [3.8, 4) is 0 Å². The lowest BCUT2D eigenvalue weighted by atomic mass is 9.78. The summed E-state index contributed by atoms with van der Waals surface area (Å²) < 4.78 is 29.4. The maximum Gasteiger partial charge on any atom is 0.260 e. The molecule has 4 rings (SSSR count). The van der Waals surface area contributed by atoms with Crippen LogP contribution in [0.15, 0.2) is 11.2 Å². The van der Waals surface area contributed by atoms with Gasteiger partial charge in [-0.1, -0.05) is 6.42 Å². The number of aryl methyl sites for hydroxylation is 1. The second kappa shape index (κ2) is 5.78. The third-order valence-electron chi connectivity index (χ3n) is 5.41. The normalized spacial score (nSPS) is 31.6. The molecular weight excluding hydrogens is 324 g/mol. The molecule has 0 aromatic carbocycles. The van der Waals surface area contributed by atoms with Crippen molar-refractivity contribution in [1.82, 2.24) is 13.9 Å². The number of nitrogens with two attached hydrogens (primary N) is 1. The van der Waals surface area contributed by atoms with E-state index in [1.54, 1.807) is 4.31 Å². The van der Waals surface area contributed by atoms with E-state index in [0.717, 1.165) is 44.5 Å². The standard InChI is InChI=1S/C14H22N4O2S.ClH/c15-12-4-1-3-10-8-17(9-11(10)12)21(19,20)14-7-16-13-5-2-6-18(13)14;/h7,10-12H,1-6,8-9,15H2;1H. The van der Waals surface area contributed by atoms with E-state index < -0.39 is 10.0 Å². The van der Waals surface area contributed by atoms with Gasteiger partial charge in [-0.25, -0.2) is 13.4 Å².